The van der Waals surface area contributed by atoms with Crippen LogP contribution in [0.25, 0.3) is 11.4 Å². The molecule has 0 aliphatic heterocycles. The number of hydrogen-bond acceptors (Lipinski definition) is 5. The van der Waals surface area contributed by atoms with Gasteiger partial charge in [-0.1, -0.05) is 58.7 Å². The molecule has 0 atom stereocenters. The first-order chi connectivity index (χ1) is 15.1. The van der Waals surface area contributed by atoms with Crippen molar-refractivity contribution in [3.63, 3.8) is 0 Å². The molecular formula is C24H20ClN3O3. The topological polar surface area (TPSA) is 77.2 Å². The number of nitrogens with one attached hydrogen (secondary N) is 1. The Morgan fingerprint density at radius 2 is 1.87 bits per heavy atom. The summed E-state index contributed by atoms with van der Waals surface area (Å²) < 4.78 is 11.0. The third kappa shape index (κ3) is 5.29. The Kier molecular flexibility index (Phi) is 6.29. The molecule has 0 aliphatic carbocycles. The third-order valence-electron chi connectivity index (χ3n) is 4.61. The molecule has 1 amide bonds. The average molecular weight is 434 g/mol. The number of carbonyl (C=O) groups excluding carboxylic acids is 1. The second-order valence-corrected chi connectivity index (χ2v) is 7.38. The van der Waals surface area contributed by atoms with Crippen molar-refractivity contribution < 1.29 is 14.1 Å². The van der Waals surface area contributed by atoms with Crippen LogP contribution >= 0.6 is 11.6 Å². The number of aromatic nitrogens is 2. The molecule has 3 aromatic carbocycles. The zero-order valence-corrected chi connectivity index (χ0v) is 17.6. The van der Waals surface area contributed by atoms with Crippen molar-refractivity contribution in [3.05, 3.63) is 100 Å². The summed E-state index contributed by atoms with van der Waals surface area (Å²) >= 11 is 6.14. The van der Waals surface area contributed by atoms with E-state index >= 15 is 0 Å². The number of nitrogens with zero attached hydrogens (tertiary/aromatic N) is 2. The van der Waals surface area contributed by atoms with E-state index < -0.39 is 0 Å². The minimum absolute atomic E-state index is 0.141. The Morgan fingerprint density at radius 3 is 2.65 bits per heavy atom. The van der Waals surface area contributed by atoms with Crippen LogP contribution in [0.4, 0.5) is 0 Å². The van der Waals surface area contributed by atoms with Crippen LogP contribution in [0.5, 0.6) is 5.75 Å². The number of ether oxygens (including phenoxy) is 1. The summed E-state index contributed by atoms with van der Waals surface area (Å²) in [6.45, 7) is 2.49. The summed E-state index contributed by atoms with van der Waals surface area (Å²) in [5.41, 5.74) is 3.38. The second kappa shape index (κ2) is 9.45. The lowest BCUT2D eigenvalue weighted by Crippen LogP contribution is -2.22. The van der Waals surface area contributed by atoms with Gasteiger partial charge in [0.25, 0.3) is 5.91 Å². The molecule has 0 fully saturated rings. The van der Waals surface area contributed by atoms with Gasteiger partial charge in [0, 0.05) is 21.7 Å². The predicted molar refractivity (Wildman–Crippen MR) is 118 cm³/mol. The number of rotatable bonds is 7. The maximum Gasteiger partial charge on any atom is 0.251 e. The first-order valence-electron chi connectivity index (χ1n) is 9.72. The molecule has 0 unspecified atom stereocenters. The van der Waals surface area contributed by atoms with Crippen molar-refractivity contribution in [3.8, 4) is 17.1 Å². The second-order valence-electron chi connectivity index (χ2n) is 6.97. The molecule has 0 radical (unpaired) electrons. The van der Waals surface area contributed by atoms with Gasteiger partial charge in [-0.3, -0.25) is 4.79 Å². The Labute approximate surface area is 184 Å². The lowest BCUT2D eigenvalue weighted by molar-refractivity contribution is 0.0946. The highest BCUT2D eigenvalue weighted by Gasteiger charge is 2.11. The van der Waals surface area contributed by atoms with Crippen LogP contribution in [-0.4, -0.2) is 16.0 Å². The molecule has 31 heavy (non-hydrogen) atoms. The fraction of sp³-hybridized carbons (Fsp3) is 0.125. The van der Waals surface area contributed by atoms with E-state index in [0.29, 0.717) is 34.7 Å². The van der Waals surface area contributed by atoms with E-state index in [1.165, 1.54) is 0 Å². The van der Waals surface area contributed by atoms with Crippen LogP contribution in [-0.2, 0) is 13.2 Å². The maximum absolute atomic E-state index is 12.4. The van der Waals surface area contributed by atoms with Crippen molar-refractivity contribution >= 4 is 17.5 Å². The van der Waals surface area contributed by atoms with Crippen LogP contribution < -0.4 is 10.1 Å². The summed E-state index contributed by atoms with van der Waals surface area (Å²) in [6.07, 6.45) is 0. The van der Waals surface area contributed by atoms with Gasteiger partial charge >= 0.3 is 0 Å². The van der Waals surface area contributed by atoms with Gasteiger partial charge in [-0.25, -0.2) is 0 Å². The quantitative estimate of drug-likeness (QED) is 0.433. The summed E-state index contributed by atoms with van der Waals surface area (Å²) in [4.78, 5) is 16.8. The molecular weight excluding hydrogens is 414 g/mol. The standard InChI is InChI=1S/C24H20ClN3O3/c1-16-5-4-7-18(13-16)23-27-22(31-28-23)14-26-24(29)17-9-11-20(12-10-17)30-15-19-6-2-3-8-21(19)25/h2-13H,14-15H2,1H3,(H,26,29). The molecule has 0 saturated carbocycles. The molecule has 4 aromatic rings. The summed E-state index contributed by atoms with van der Waals surface area (Å²) in [5.74, 6) is 1.24. The number of carbonyl (C=O) groups is 1. The maximum atomic E-state index is 12.4. The van der Waals surface area contributed by atoms with Crippen LogP contribution in [0.15, 0.2) is 77.3 Å². The van der Waals surface area contributed by atoms with Crippen LogP contribution in [0.1, 0.15) is 27.4 Å². The van der Waals surface area contributed by atoms with Gasteiger partial charge in [-0.2, -0.15) is 4.98 Å². The van der Waals surface area contributed by atoms with Crippen molar-refractivity contribution in [2.45, 2.75) is 20.1 Å². The number of amides is 1. The molecule has 0 saturated heterocycles. The lowest BCUT2D eigenvalue weighted by atomic mass is 10.1. The fourth-order valence-corrected chi connectivity index (χ4v) is 3.16. The van der Waals surface area contributed by atoms with E-state index in [-0.39, 0.29) is 12.5 Å². The smallest absolute Gasteiger partial charge is 0.251 e. The van der Waals surface area contributed by atoms with Crippen LogP contribution in [0.3, 0.4) is 0 Å². The average Bonchev–Trinajstić information content (AvgIpc) is 3.26. The molecule has 4 rings (SSSR count). The van der Waals surface area contributed by atoms with Gasteiger partial charge in [0.2, 0.25) is 11.7 Å². The monoisotopic (exact) mass is 433 g/mol. The molecule has 0 aliphatic rings. The van der Waals surface area contributed by atoms with Gasteiger partial charge in [0.1, 0.15) is 12.4 Å². The van der Waals surface area contributed by atoms with E-state index in [2.05, 4.69) is 15.5 Å². The minimum atomic E-state index is -0.243. The molecule has 6 nitrogen and oxygen atoms in total. The van der Waals surface area contributed by atoms with E-state index in [1.54, 1.807) is 24.3 Å². The molecule has 156 valence electrons. The zero-order valence-electron chi connectivity index (χ0n) is 16.8. The number of benzene rings is 3. The SMILES string of the molecule is Cc1cccc(-c2noc(CNC(=O)c3ccc(OCc4ccccc4Cl)cc3)n2)c1. The van der Waals surface area contributed by atoms with Gasteiger partial charge < -0.3 is 14.6 Å². The first kappa shape index (κ1) is 20.6. The molecule has 7 heteroatoms. The van der Waals surface area contributed by atoms with E-state index in [9.17, 15) is 4.79 Å². The van der Waals surface area contributed by atoms with Crippen molar-refractivity contribution in [2.75, 3.05) is 0 Å². The summed E-state index contributed by atoms with van der Waals surface area (Å²) in [5, 5.41) is 7.42. The third-order valence-corrected chi connectivity index (χ3v) is 4.98. The van der Waals surface area contributed by atoms with Crippen molar-refractivity contribution in [1.82, 2.24) is 15.5 Å². The minimum Gasteiger partial charge on any atom is -0.489 e. The van der Waals surface area contributed by atoms with E-state index in [1.807, 2.05) is 55.5 Å². The Hall–Kier alpha value is -3.64. The number of halogens is 1. The van der Waals surface area contributed by atoms with Crippen LogP contribution in [0, 0.1) is 6.92 Å². The number of aryl methyl sites for hydroxylation is 1. The molecule has 1 aromatic heterocycles. The summed E-state index contributed by atoms with van der Waals surface area (Å²) in [6, 6.07) is 22.2. The fourth-order valence-electron chi connectivity index (χ4n) is 2.97. The van der Waals surface area contributed by atoms with Crippen molar-refractivity contribution in [1.29, 1.82) is 0 Å². The van der Waals surface area contributed by atoms with Gasteiger partial charge in [0.05, 0.1) is 6.54 Å². The largest absolute Gasteiger partial charge is 0.489 e. The predicted octanol–water partition coefficient (Wildman–Crippen LogP) is 5.21. The Morgan fingerprint density at radius 1 is 1.06 bits per heavy atom. The summed E-state index contributed by atoms with van der Waals surface area (Å²) in [7, 11) is 0. The highest BCUT2D eigenvalue weighted by atomic mass is 35.5. The molecule has 1 N–H and O–H groups in total. The van der Waals surface area contributed by atoms with E-state index in [0.717, 1.165) is 16.7 Å². The zero-order chi connectivity index (χ0) is 21.6. The highest BCUT2D eigenvalue weighted by Crippen LogP contribution is 2.19. The van der Waals surface area contributed by atoms with Crippen LogP contribution in [0.2, 0.25) is 5.02 Å². The van der Waals surface area contributed by atoms with Gasteiger partial charge in [0.15, 0.2) is 0 Å². The normalized spacial score (nSPS) is 10.6. The van der Waals surface area contributed by atoms with Crippen molar-refractivity contribution in [2.24, 2.45) is 0 Å². The van der Waals surface area contributed by atoms with Gasteiger partial charge in [-0.15, -0.1) is 0 Å². The molecule has 0 bridgehead atoms. The highest BCUT2D eigenvalue weighted by molar-refractivity contribution is 6.31. The Bertz CT molecular complexity index is 1190. The van der Waals surface area contributed by atoms with Gasteiger partial charge in [-0.05, 0) is 43.3 Å². The molecule has 1 heterocycles. The van der Waals surface area contributed by atoms with E-state index in [4.69, 9.17) is 20.9 Å². The Balaban J connectivity index is 1.31. The lowest BCUT2D eigenvalue weighted by Gasteiger charge is -2.08. The first-order valence-corrected chi connectivity index (χ1v) is 10.1. The molecule has 0 spiro atoms. The number of hydrogen-bond donors (Lipinski definition) is 1.